The van der Waals surface area contributed by atoms with Crippen molar-refractivity contribution in [2.24, 2.45) is 0 Å². The first-order chi connectivity index (χ1) is 20.0. The second-order valence-corrected chi connectivity index (χ2v) is 9.74. The monoisotopic (exact) mass is 557 g/mol. The van der Waals surface area contributed by atoms with E-state index in [1.807, 2.05) is 60.7 Å². The summed E-state index contributed by atoms with van der Waals surface area (Å²) in [6.45, 7) is -0.271. The molecule has 0 aliphatic carbocycles. The van der Waals surface area contributed by atoms with E-state index >= 15 is 0 Å². The molecule has 1 amide bonds. The Balaban J connectivity index is 1.36. The second-order valence-electron chi connectivity index (χ2n) is 9.74. The molecule has 212 valence electrons. The molecule has 2 heterocycles. The van der Waals surface area contributed by atoms with Crippen molar-refractivity contribution in [3.05, 3.63) is 130 Å². The van der Waals surface area contributed by atoms with Crippen molar-refractivity contribution < 1.29 is 29.2 Å². The lowest BCUT2D eigenvalue weighted by Gasteiger charge is -2.32. The number of carbonyl (C=O) groups excluding carboxylic acids is 1. The number of nitrogens with one attached hydrogen (secondary N) is 1. The molecule has 1 fully saturated rings. The van der Waals surface area contributed by atoms with Crippen molar-refractivity contribution >= 4 is 11.7 Å². The van der Waals surface area contributed by atoms with Gasteiger partial charge in [0.25, 0.3) is 5.91 Å². The van der Waals surface area contributed by atoms with Gasteiger partial charge < -0.3 is 29.7 Å². The highest BCUT2D eigenvalue weighted by Gasteiger charge is 2.56. The first kappa shape index (κ1) is 28.3. The van der Waals surface area contributed by atoms with Crippen molar-refractivity contribution in [3.63, 3.8) is 0 Å². The van der Waals surface area contributed by atoms with Gasteiger partial charge in [-0.3, -0.25) is 9.36 Å². The molecule has 3 aromatic carbocycles. The molecule has 1 saturated heterocycles. The van der Waals surface area contributed by atoms with Crippen LogP contribution in [0.25, 0.3) is 0 Å². The van der Waals surface area contributed by atoms with Gasteiger partial charge in [-0.05, 0) is 29.3 Å². The van der Waals surface area contributed by atoms with Crippen molar-refractivity contribution in [2.45, 2.75) is 37.3 Å². The Bertz CT molecular complexity index is 1480. The number of hydrogen-bond donors (Lipinski definition) is 3. The van der Waals surface area contributed by atoms with E-state index in [4.69, 9.17) is 14.2 Å². The lowest BCUT2D eigenvalue weighted by Crippen LogP contribution is -2.51. The summed E-state index contributed by atoms with van der Waals surface area (Å²) in [5, 5.41) is 24.5. The summed E-state index contributed by atoms with van der Waals surface area (Å²) >= 11 is 0. The molecule has 41 heavy (non-hydrogen) atoms. The summed E-state index contributed by atoms with van der Waals surface area (Å²) in [6.07, 6.45) is -2.26. The van der Waals surface area contributed by atoms with Crippen LogP contribution in [-0.2, 0) is 27.4 Å². The summed E-state index contributed by atoms with van der Waals surface area (Å²) in [4.78, 5) is 29.5. The van der Waals surface area contributed by atoms with E-state index in [9.17, 15) is 19.8 Å². The third kappa shape index (κ3) is 6.59. The highest BCUT2D eigenvalue weighted by atomic mass is 16.6. The molecule has 0 bridgehead atoms. The largest absolute Gasteiger partial charge is 0.393 e. The molecule has 0 spiro atoms. The minimum absolute atomic E-state index is 0.0454. The Morgan fingerprint density at radius 3 is 2.15 bits per heavy atom. The first-order valence-electron chi connectivity index (χ1n) is 13.2. The zero-order valence-electron chi connectivity index (χ0n) is 22.2. The fraction of sp³-hybridized carbons (Fsp3) is 0.258. The minimum Gasteiger partial charge on any atom is -0.393 e. The number of aliphatic hydroxyl groups excluding tert-OH is 2. The van der Waals surface area contributed by atoms with E-state index in [0.717, 1.165) is 15.7 Å². The number of carbonyl (C=O) groups is 1. The Hall–Kier alpha value is -4.19. The molecular formula is C31H31N3O7. The molecule has 1 aromatic heterocycles. The van der Waals surface area contributed by atoms with Crippen LogP contribution in [0.1, 0.15) is 27.7 Å². The van der Waals surface area contributed by atoms with E-state index in [-0.39, 0.29) is 25.6 Å². The predicted molar refractivity (Wildman–Crippen MR) is 150 cm³/mol. The standard InChI is InChI=1S/C31H31N3O7/c35-20-31(21-39-18-22-10-4-1-5-11-22)27(40-19-23-12-6-2-7-13-23)26(36)29(41-31)34-17-16-25(33-30(34)38)32-28(37)24-14-8-3-9-15-24/h1-17,26-27,29,35-36H,18-21H2,(H,32,33,37,38)/t26-,27+,29?,31-/m1/s1. The number of aromatic nitrogens is 2. The van der Waals surface area contributed by atoms with Gasteiger partial charge in [-0.25, -0.2) is 4.79 Å². The smallest absolute Gasteiger partial charge is 0.351 e. The van der Waals surface area contributed by atoms with Gasteiger partial charge in [-0.2, -0.15) is 4.98 Å². The molecule has 4 atom stereocenters. The lowest BCUT2D eigenvalue weighted by molar-refractivity contribution is -0.175. The Morgan fingerprint density at radius 2 is 1.54 bits per heavy atom. The van der Waals surface area contributed by atoms with E-state index in [0.29, 0.717) is 5.56 Å². The number of aliphatic hydroxyl groups is 2. The molecule has 5 rings (SSSR count). The summed E-state index contributed by atoms with van der Waals surface area (Å²) in [5.74, 6) is -0.374. The molecular weight excluding hydrogens is 526 g/mol. The summed E-state index contributed by atoms with van der Waals surface area (Å²) in [7, 11) is 0. The van der Waals surface area contributed by atoms with E-state index in [1.165, 1.54) is 12.3 Å². The van der Waals surface area contributed by atoms with Gasteiger partial charge in [0.15, 0.2) is 6.23 Å². The molecule has 1 aliphatic rings. The zero-order chi connectivity index (χ0) is 28.7. The van der Waals surface area contributed by atoms with Crippen molar-refractivity contribution in [1.82, 2.24) is 9.55 Å². The number of benzene rings is 3. The van der Waals surface area contributed by atoms with Gasteiger partial charge in [0.2, 0.25) is 0 Å². The normalized spacial score (nSPS) is 22.0. The van der Waals surface area contributed by atoms with Crippen LogP contribution in [0.4, 0.5) is 5.82 Å². The van der Waals surface area contributed by atoms with Crippen molar-refractivity contribution in [3.8, 4) is 0 Å². The number of amides is 1. The first-order valence-corrected chi connectivity index (χ1v) is 13.2. The molecule has 10 nitrogen and oxygen atoms in total. The topological polar surface area (TPSA) is 132 Å². The molecule has 0 radical (unpaired) electrons. The lowest BCUT2D eigenvalue weighted by atomic mass is 9.96. The van der Waals surface area contributed by atoms with Crippen LogP contribution in [-0.4, -0.2) is 56.7 Å². The maximum atomic E-state index is 13.0. The van der Waals surface area contributed by atoms with Gasteiger partial charge in [0.05, 0.1) is 26.4 Å². The molecule has 4 aromatic rings. The van der Waals surface area contributed by atoms with Crippen LogP contribution in [0.15, 0.2) is 108 Å². The third-order valence-electron chi connectivity index (χ3n) is 6.86. The fourth-order valence-corrected chi connectivity index (χ4v) is 4.73. The molecule has 3 N–H and O–H groups in total. The van der Waals surface area contributed by atoms with Crippen molar-refractivity contribution in [2.75, 3.05) is 18.5 Å². The zero-order valence-corrected chi connectivity index (χ0v) is 22.2. The molecule has 0 saturated carbocycles. The van der Waals surface area contributed by atoms with E-state index < -0.39 is 42.2 Å². The molecule has 1 unspecified atom stereocenters. The maximum Gasteiger partial charge on any atom is 0.351 e. The fourth-order valence-electron chi connectivity index (χ4n) is 4.73. The second kappa shape index (κ2) is 13.0. The maximum absolute atomic E-state index is 13.0. The Morgan fingerprint density at radius 1 is 0.927 bits per heavy atom. The average Bonchev–Trinajstić information content (AvgIpc) is 3.28. The van der Waals surface area contributed by atoms with Crippen LogP contribution in [0.5, 0.6) is 0 Å². The predicted octanol–water partition coefficient (Wildman–Crippen LogP) is 2.92. The number of hydrogen-bond acceptors (Lipinski definition) is 8. The van der Waals surface area contributed by atoms with E-state index in [2.05, 4.69) is 10.3 Å². The SMILES string of the molecule is O=C(Nc1ccn(C2O[C@](CO)(COCc3ccccc3)[C@@H](OCc3ccccc3)[C@H]2O)c(=O)n1)c1ccccc1. The van der Waals surface area contributed by atoms with E-state index in [1.54, 1.807) is 30.3 Å². The summed E-state index contributed by atoms with van der Waals surface area (Å²) in [6, 6.07) is 28.8. The Labute approximate surface area is 236 Å². The Kier molecular flexibility index (Phi) is 8.98. The van der Waals surface area contributed by atoms with Crippen LogP contribution >= 0.6 is 0 Å². The molecule has 10 heteroatoms. The highest BCUT2D eigenvalue weighted by molar-refractivity contribution is 6.03. The van der Waals surface area contributed by atoms with Crippen molar-refractivity contribution in [1.29, 1.82) is 0 Å². The van der Waals surface area contributed by atoms with Gasteiger partial charge >= 0.3 is 5.69 Å². The van der Waals surface area contributed by atoms with Crippen LogP contribution in [0.3, 0.4) is 0 Å². The average molecular weight is 558 g/mol. The number of nitrogens with zero attached hydrogens (tertiary/aromatic N) is 2. The van der Waals surface area contributed by atoms with Crippen LogP contribution in [0.2, 0.25) is 0 Å². The third-order valence-corrected chi connectivity index (χ3v) is 6.86. The summed E-state index contributed by atoms with van der Waals surface area (Å²) in [5.41, 5.74) is -0.0494. The van der Waals surface area contributed by atoms with Gasteiger partial charge in [0.1, 0.15) is 23.6 Å². The number of rotatable bonds is 11. The van der Waals surface area contributed by atoms with Gasteiger partial charge in [0, 0.05) is 11.8 Å². The van der Waals surface area contributed by atoms with Crippen LogP contribution < -0.4 is 11.0 Å². The highest BCUT2D eigenvalue weighted by Crippen LogP contribution is 2.39. The van der Waals surface area contributed by atoms with Crippen LogP contribution in [0, 0.1) is 0 Å². The molecule has 1 aliphatic heterocycles. The minimum atomic E-state index is -1.48. The number of ether oxygens (including phenoxy) is 3. The van der Waals surface area contributed by atoms with Gasteiger partial charge in [-0.1, -0.05) is 78.9 Å². The van der Waals surface area contributed by atoms with Gasteiger partial charge in [-0.15, -0.1) is 0 Å². The quantitative estimate of drug-likeness (QED) is 0.257. The number of anilines is 1. The summed E-state index contributed by atoms with van der Waals surface area (Å²) < 4.78 is 19.3.